The molecule has 142 valence electrons. The predicted octanol–water partition coefficient (Wildman–Crippen LogP) is 3.48. The van der Waals surface area contributed by atoms with Crippen molar-refractivity contribution in [2.75, 3.05) is 12.9 Å². The highest BCUT2D eigenvalue weighted by molar-refractivity contribution is 8.03. The largest absolute Gasteiger partial charge is 0.497 e. The Morgan fingerprint density at radius 2 is 2.00 bits per heavy atom. The van der Waals surface area contributed by atoms with Crippen LogP contribution in [0, 0.1) is 17.1 Å². The number of carbonyl (C=O) groups excluding carboxylic acids is 1. The molecule has 2 heterocycles. The lowest BCUT2D eigenvalue weighted by Gasteiger charge is -2.38. The van der Waals surface area contributed by atoms with E-state index in [9.17, 15) is 19.6 Å². The van der Waals surface area contributed by atoms with Crippen LogP contribution in [-0.2, 0) is 10.5 Å². The summed E-state index contributed by atoms with van der Waals surface area (Å²) in [5.74, 6) is -0.622. The van der Waals surface area contributed by atoms with Gasteiger partial charge in [-0.05, 0) is 23.8 Å². The summed E-state index contributed by atoms with van der Waals surface area (Å²) < 4.78 is 19.5. The summed E-state index contributed by atoms with van der Waals surface area (Å²) in [5, 5.41) is 21.5. The monoisotopic (exact) mass is 396 g/mol. The Bertz CT molecular complexity index is 1020. The molecule has 28 heavy (non-hydrogen) atoms. The van der Waals surface area contributed by atoms with E-state index in [0.29, 0.717) is 27.5 Å². The molecule has 2 aromatic carbocycles. The quantitative estimate of drug-likeness (QED) is 0.860. The first-order valence-corrected chi connectivity index (χ1v) is 9.69. The summed E-state index contributed by atoms with van der Waals surface area (Å²) in [6.07, 6.45) is -0.0770. The number of methoxy groups -OCH3 is 1. The van der Waals surface area contributed by atoms with Crippen molar-refractivity contribution < 1.29 is 19.0 Å². The summed E-state index contributed by atoms with van der Waals surface area (Å²) in [6.45, 7) is 0. The van der Waals surface area contributed by atoms with Gasteiger partial charge in [-0.2, -0.15) is 5.26 Å². The van der Waals surface area contributed by atoms with E-state index in [4.69, 9.17) is 4.74 Å². The molecule has 4 rings (SSSR count). The number of allylic oxidation sites excluding steroid dienone is 1. The minimum atomic E-state index is -1.56. The van der Waals surface area contributed by atoms with E-state index in [1.54, 1.807) is 49.6 Å². The molecule has 1 fully saturated rings. The molecule has 7 heteroatoms. The molecule has 2 unspecified atom stereocenters. The first-order chi connectivity index (χ1) is 13.5. The van der Waals surface area contributed by atoms with Gasteiger partial charge in [0.15, 0.2) is 5.72 Å². The van der Waals surface area contributed by atoms with Crippen molar-refractivity contribution in [3.63, 3.8) is 0 Å². The Kier molecular flexibility index (Phi) is 4.61. The fourth-order valence-corrected chi connectivity index (χ4v) is 5.08. The molecule has 5 nitrogen and oxygen atoms in total. The van der Waals surface area contributed by atoms with Gasteiger partial charge < -0.3 is 9.84 Å². The second-order valence-electron chi connectivity index (χ2n) is 6.67. The molecule has 0 saturated carbocycles. The average molecular weight is 396 g/mol. The van der Waals surface area contributed by atoms with Crippen molar-refractivity contribution in [2.24, 2.45) is 0 Å². The zero-order valence-corrected chi connectivity index (χ0v) is 15.9. The first kappa shape index (κ1) is 18.5. The molecule has 0 radical (unpaired) electrons. The molecule has 2 atom stereocenters. The summed E-state index contributed by atoms with van der Waals surface area (Å²) in [6, 6.07) is 15.1. The lowest BCUT2D eigenvalue weighted by Crippen LogP contribution is -2.48. The van der Waals surface area contributed by atoms with Crippen LogP contribution in [0.4, 0.5) is 4.39 Å². The molecule has 1 amide bonds. The van der Waals surface area contributed by atoms with Crippen LogP contribution in [0.2, 0.25) is 0 Å². The van der Waals surface area contributed by atoms with Crippen molar-refractivity contribution in [3.8, 4) is 11.8 Å². The zero-order valence-electron chi connectivity index (χ0n) is 15.1. The van der Waals surface area contributed by atoms with Gasteiger partial charge in [0.1, 0.15) is 11.6 Å². The Balaban J connectivity index is 1.80. The summed E-state index contributed by atoms with van der Waals surface area (Å²) in [5.41, 5.74) is -0.406. The third-order valence-corrected chi connectivity index (χ3v) is 6.37. The third-order valence-electron chi connectivity index (χ3n) is 5.14. The van der Waals surface area contributed by atoms with Crippen molar-refractivity contribution in [1.29, 1.82) is 5.26 Å². The van der Waals surface area contributed by atoms with Crippen LogP contribution in [0.15, 0.2) is 59.1 Å². The van der Waals surface area contributed by atoms with Crippen molar-refractivity contribution in [1.82, 2.24) is 4.90 Å². The van der Waals surface area contributed by atoms with Crippen LogP contribution in [-0.4, -0.2) is 28.8 Å². The minimum Gasteiger partial charge on any atom is -0.497 e. The van der Waals surface area contributed by atoms with E-state index in [-0.39, 0.29) is 18.1 Å². The molecule has 2 aliphatic rings. The second kappa shape index (κ2) is 6.97. The highest BCUT2D eigenvalue weighted by Crippen LogP contribution is 2.52. The molecule has 0 aliphatic carbocycles. The standard InChI is InChI=1S/C21H17FN2O3S/c1-27-14-8-6-13(7-9-14)21(26)12-28-20-17(11-23)16(10-19(25)24(20)21)15-4-2-3-5-18(15)22/h2-9,16,26H,10,12H2,1H3. The van der Waals surface area contributed by atoms with Crippen LogP contribution < -0.4 is 4.74 Å². The van der Waals surface area contributed by atoms with Crippen LogP contribution in [0.1, 0.15) is 23.5 Å². The van der Waals surface area contributed by atoms with Gasteiger partial charge >= 0.3 is 0 Å². The number of hydrogen-bond acceptors (Lipinski definition) is 5. The number of nitriles is 1. The van der Waals surface area contributed by atoms with Gasteiger partial charge in [0, 0.05) is 17.9 Å². The van der Waals surface area contributed by atoms with Gasteiger partial charge in [0.2, 0.25) is 5.91 Å². The number of fused-ring (bicyclic) bond motifs is 1. The third kappa shape index (κ3) is 2.77. The maximum absolute atomic E-state index is 14.3. The lowest BCUT2D eigenvalue weighted by atomic mass is 9.85. The molecular formula is C21H17FN2O3S. The Morgan fingerprint density at radius 3 is 2.64 bits per heavy atom. The summed E-state index contributed by atoms with van der Waals surface area (Å²) in [4.78, 5) is 14.3. The van der Waals surface area contributed by atoms with Crippen LogP contribution >= 0.6 is 11.8 Å². The van der Waals surface area contributed by atoms with E-state index >= 15 is 0 Å². The topological polar surface area (TPSA) is 73.6 Å². The number of benzene rings is 2. The van der Waals surface area contributed by atoms with Gasteiger partial charge in [0.05, 0.1) is 29.5 Å². The molecular weight excluding hydrogens is 379 g/mol. The van der Waals surface area contributed by atoms with Gasteiger partial charge in [0.25, 0.3) is 0 Å². The smallest absolute Gasteiger partial charge is 0.231 e. The highest BCUT2D eigenvalue weighted by Gasteiger charge is 2.52. The Morgan fingerprint density at radius 1 is 1.29 bits per heavy atom. The molecule has 0 spiro atoms. The van der Waals surface area contributed by atoms with E-state index < -0.39 is 17.5 Å². The highest BCUT2D eigenvalue weighted by atomic mass is 32.2. The SMILES string of the molecule is COc1ccc(C2(O)CSC3=C(C#N)C(c4ccccc4F)CC(=O)N32)cc1. The molecule has 2 aromatic rings. The zero-order chi connectivity index (χ0) is 19.9. The molecule has 1 saturated heterocycles. The van der Waals surface area contributed by atoms with Gasteiger partial charge in [-0.15, -0.1) is 11.8 Å². The fraction of sp³-hybridized carbons (Fsp3) is 0.238. The Hall–Kier alpha value is -2.82. The predicted molar refractivity (Wildman–Crippen MR) is 103 cm³/mol. The van der Waals surface area contributed by atoms with Crippen molar-refractivity contribution >= 4 is 17.7 Å². The Labute approximate surface area is 166 Å². The maximum Gasteiger partial charge on any atom is 0.231 e. The van der Waals surface area contributed by atoms with E-state index in [1.807, 2.05) is 0 Å². The summed E-state index contributed by atoms with van der Waals surface area (Å²) >= 11 is 1.24. The number of nitrogens with zero attached hydrogens (tertiary/aromatic N) is 2. The summed E-state index contributed by atoms with van der Waals surface area (Å²) in [7, 11) is 1.55. The number of aliphatic hydroxyl groups is 1. The number of halogens is 1. The molecule has 0 bridgehead atoms. The molecule has 2 aliphatic heterocycles. The average Bonchev–Trinajstić information content (AvgIpc) is 3.07. The fourth-order valence-electron chi connectivity index (χ4n) is 3.72. The van der Waals surface area contributed by atoms with E-state index in [1.165, 1.54) is 22.7 Å². The number of ether oxygens (including phenoxy) is 1. The van der Waals surface area contributed by atoms with Crippen LogP contribution in [0.5, 0.6) is 5.75 Å². The van der Waals surface area contributed by atoms with Crippen molar-refractivity contribution in [3.05, 3.63) is 76.1 Å². The van der Waals surface area contributed by atoms with Gasteiger partial charge in [-0.3, -0.25) is 9.69 Å². The molecule has 1 N–H and O–H groups in total. The number of amides is 1. The number of hydrogen-bond donors (Lipinski definition) is 1. The van der Waals surface area contributed by atoms with Crippen LogP contribution in [0.3, 0.4) is 0 Å². The molecule has 0 aromatic heterocycles. The normalized spacial score (nSPS) is 24.1. The number of thioether (sulfide) groups is 1. The lowest BCUT2D eigenvalue weighted by molar-refractivity contribution is -0.149. The van der Waals surface area contributed by atoms with Crippen molar-refractivity contribution in [2.45, 2.75) is 18.1 Å². The minimum absolute atomic E-state index is 0.0770. The van der Waals surface area contributed by atoms with Gasteiger partial charge in [-0.1, -0.05) is 30.3 Å². The van der Waals surface area contributed by atoms with E-state index in [0.717, 1.165) is 0 Å². The van der Waals surface area contributed by atoms with Crippen LogP contribution in [0.25, 0.3) is 0 Å². The van der Waals surface area contributed by atoms with E-state index in [2.05, 4.69) is 6.07 Å². The van der Waals surface area contributed by atoms with Gasteiger partial charge in [-0.25, -0.2) is 4.39 Å². The second-order valence-corrected chi connectivity index (χ2v) is 7.64. The maximum atomic E-state index is 14.3. The number of rotatable bonds is 3. The number of carbonyl (C=O) groups is 1. The first-order valence-electron chi connectivity index (χ1n) is 8.71.